The van der Waals surface area contributed by atoms with Crippen LogP contribution in [-0.2, 0) is 12.7 Å². The van der Waals surface area contributed by atoms with Gasteiger partial charge in [0.25, 0.3) is 0 Å². The second-order valence-electron chi connectivity index (χ2n) is 6.59. The Kier molecular flexibility index (Phi) is 3.82. The number of piperidine rings is 1. The first kappa shape index (κ1) is 15.6. The molecular formula is C15H18F3N5O. The highest BCUT2D eigenvalue weighted by Gasteiger charge is 2.35. The average Bonchev–Trinajstić information content (AvgIpc) is 3.08. The highest BCUT2D eigenvalue weighted by molar-refractivity contribution is 5.16. The molecule has 0 aromatic carbocycles. The van der Waals surface area contributed by atoms with Crippen LogP contribution in [0.4, 0.5) is 13.2 Å². The van der Waals surface area contributed by atoms with E-state index >= 15 is 0 Å². The van der Waals surface area contributed by atoms with Gasteiger partial charge in [0.05, 0.1) is 6.54 Å². The van der Waals surface area contributed by atoms with Crippen molar-refractivity contribution in [3.05, 3.63) is 29.2 Å². The van der Waals surface area contributed by atoms with E-state index in [1.807, 2.05) is 0 Å². The molecule has 2 aromatic rings. The van der Waals surface area contributed by atoms with Crippen molar-refractivity contribution in [3.63, 3.8) is 0 Å². The van der Waals surface area contributed by atoms with Crippen molar-refractivity contribution in [2.75, 3.05) is 13.1 Å². The Morgan fingerprint density at radius 3 is 2.75 bits per heavy atom. The van der Waals surface area contributed by atoms with Crippen molar-refractivity contribution >= 4 is 0 Å². The molecule has 0 amide bonds. The summed E-state index contributed by atoms with van der Waals surface area (Å²) in [7, 11) is 0. The number of aromatic nitrogens is 4. The summed E-state index contributed by atoms with van der Waals surface area (Å²) < 4.78 is 43.7. The van der Waals surface area contributed by atoms with Gasteiger partial charge in [-0.05, 0) is 38.3 Å². The molecule has 0 bridgehead atoms. The molecule has 1 unspecified atom stereocenters. The van der Waals surface area contributed by atoms with Gasteiger partial charge in [0.15, 0.2) is 5.69 Å². The molecule has 1 N–H and O–H groups in total. The lowest BCUT2D eigenvalue weighted by atomic mass is 9.94. The Bertz CT molecular complexity index is 706. The van der Waals surface area contributed by atoms with E-state index in [1.165, 1.54) is 0 Å². The Balaban J connectivity index is 1.40. The van der Waals surface area contributed by atoms with E-state index in [-0.39, 0.29) is 5.92 Å². The van der Waals surface area contributed by atoms with Crippen molar-refractivity contribution < 1.29 is 17.6 Å². The largest absolute Gasteiger partial charge is 0.435 e. The molecule has 1 atom stereocenters. The highest BCUT2D eigenvalue weighted by Crippen LogP contribution is 2.39. The number of hydrogen-bond acceptors (Lipinski definition) is 5. The van der Waals surface area contributed by atoms with E-state index in [4.69, 9.17) is 4.42 Å². The minimum Gasteiger partial charge on any atom is -0.424 e. The number of nitrogens with one attached hydrogen (secondary N) is 1. The second-order valence-corrected chi connectivity index (χ2v) is 6.59. The smallest absolute Gasteiger partial charge is 0.424 e. The first-order valence-corrected chi connectivity index (χ1v) is 8.16. The van der Waals surface area contributed by atoms with E-state index in [0.29, 0.717) is 36.5 Å². The van der Waals surface area contributed by atoms with Crippen LogP contribution in [0.1, 0.15) is 60.7 Å². The van der Waals surface area contributed by atoms with Crippen LogP contribution < -0.4 is 0 Å². The molecule has 1 saturated carbocycles. The molecule has 2 aliphatic rings. The summed E-state index contributed by atoms with van der Waals surface area (Å²) >= 11 is 0. The van der Waals surface area contributed by atoms with Gasteiger partial charge < -0.3 is 4.42 Å². The molecule has 1 aliphatic carbocycles. The monoisotopic (exact) mass is 341 g/mol. The van der Waals surface area contributed by atoms with Crippen LogP contribution in [0.15, 0.2) is 10.5 Å². The lowest BCUT2D eigenvalue weighted by Crippen LogP contribution is -2.34. The van der Waals surface area contributed by atoms with Crippen LogP contribution in [0.3, 0.4) is 0 Å². The predicted octanol–water partition coefficient (Wildman–Crippen LogP) is 3.07. The van der Waals surface area contributed by atoms with E-state index < -0.39 is 11.9 Å². The number of rotatable bonds is 4. The van der Waals surface area contributed by atoms with Gasteiger partial charge in [0.1, 0.15) is 0 Å². The molecule has 3 heterocycles. The lowest BCUT2D eigenvalue weighted by molar-refractivity contribution is -0.141. The van der Waals surface area contributed by atoms with E-state index in [2.05, 4.69) is 25.3 Å². The number of halogens is 3. The van der Waals surface area contributed by atoms with E-state index in [9.17, 15) is 13.2 Å². The maximum absolute atomic E-state index is 12.7. The molecular weight excluding hydrogens is 323 g/mol. The fourth-order valence-corrected chi connectivity index (χ4v) is 3.16. The molecule has 24 heavy (non-hydrogen) atoms. The van der Waals surface area contributed by atoms with Crippen molar-refractivity contribution in [2.45, 2.75) is 50.2 Å². The third-order valence-electron chi connectivity index (χ3n) is 4.60. The van der Waals surface area contributed by atoms with Gasteiger partial charge in [0.2, 0.25) is 11.8 Å². The SMILES string of the molecule is FC(F)(F)c1cc(C2CCCN(Cc3nnc(C4CC4)o3)C2)[nH]n1. The zero-order valence-electron chi connectivity index (χ0n) is 13.0. The number of likely N-dealkylation sites (tertiary alicyclic amines) is 1. The molecule has 0 radical (unpaired) electrons. The summed E-state index contributed by atoms with van der Waals surface area (Å²) in [5.41, 5.74) is -0.322. The topological polar surface area (TPSA) is 70.8 Å². The summed E-state index contributed by atoms with van der Waals surface area (Å²) in [5, 5.41) is 14.1. The Labute approximate surface area is 136 Å². The maximum Gasteiger partial charge on any atom is 0.435 e. The Morgan fingerprint density at radius 1 is 1.21 bits per heavy atom. The zero-order chi connectivity index (χ0) is 16.7. The molecule has 1 aliphatic heterocycles. The maximum atomic E-state index is 12.7. The summed E-state index contributed by atoms with van der Waals surface area (Å²) in [6.45, 7) is 2.06. The number of hydrogen-bond donors (Lipinski definition) is 1. The molecule has 4 rings (SSSR count). The molecule has 0 spiro atoms. The number of H-pyrrole nitrogens is 1. The fourth-order valence-electron chi connectivity index (χ4n) is 3.16. The minimum absolute atomic E-state index is 0.00757. The van der Waals surface area contributed by atoms with Gasteiger partial charge in [-0.2, -0.15) is 18.3 Å². The first-order chi connectivity index (χ1) is 11.5. The van der Waals surface area contributed by atoms with Crippen LogP contribution >= 0.6 is 0 Å². The first-order valence-electron chi connectivity index (χ1n) is 8.16. The van der Waals surface area contributed by atoms with Gasteiger partial charge in [-0.3, -0.25) is 10.00 Å². The normalized spacial score (nSPS) is 22.9. The molecule has 6 nitrogen and oxygen atoms in total. The summed E-state index contributed by atoms with van der Waals surface area (Å²) in [6.07, 6.45) is -0.447. The van der Waals surface area contributed by atoms with Crippen LogP contribution in [-0.4, -0.2) is 38.4 Å². The van der Waals surface area contributed by atoms with Crippen molar-refractivity contribution in [2.24, 2.45) is 0 Å². The second kappa shape index (κ2) is 5.87. The Morgan fingerprint density at radius 2 is 2.04 bits per heavy atom. The van der Waals surface area contributed by atoms with Crippen molar-refractivity contribution in [1.82, 2.24) is 25.3 Å². The Hall–Kier alpha value is -1.90. The molecule has 130 valence electrons. The van der Waals surface area contributed by atoms with Crippen LogP contribution in [0.2, 0.25) is 0 Å². The number of alkyl halides is 3. The van der Waals surface area contributed by atoms with Crippen LogP contribution in [0, 0.1) is 0 Å². The predicted molar refractivity (Wildman–Crippen MR) is 77.1 cm³/mol. The fraction of sp³-hybridized carbons (Fsp3) is 0.667. The van der Waals surface area contributed by atoms with Crippen LogP contribution in [0.5, 0.6) is 0 Å². The van der Waals surface area contributed by atoms with Gasteiger partial charge in [-0.25, -0.2) is 0 Å². The summed E-state index contributed by atoms with van der Waals surface area (Å²) in [6, 6.07) is 1.12. The summed E-state index contributed by atoms with van der Waals surface area (Å²) in [4.78, 5) is 2.15. The van der Waals surface area contributed by atoms with Crippen LogP contribution in [0.25, 0.3) is 0 Å². The molecule has 2 aromatic heterocycles. The third-order valence-corrected chi connectivity index (χ3v) is 4.60. The average molecular weight is 341 g/mol. The minimum atomic E-state index is -4.41. The standard InChI is InChI=1S/C15H18F3N5O/c16-15(17,18)12-6-11(19-20-12)10-2-1-5-23(7-10)8-13-21-22-14(24-13)9-3-4-9/h6,9-10H,1-5,7-8H2,(H,19,20). The molecule has 2 fully saturated rings. The van der Waals surface area contributed by atoms with Gasteiger partial charge in [0, 0.05) is 24.1 Å². The zero-order valence-corrected chi connectivity index (χ0v) is 13.0. The quantitative estimate of drug-likeness (QED) is 0.925. The van der Waals surface area contributed by atoms with E-state index in [1.54, 1.807) is 0 Å². The highest BCUT2D eigenvalue weighted by atomic mass is 19.4. The van der Waals surface area contributed by atoms with Gasteiger partial charge in [-0.15, -0.1) is 10.2 Å². The molecule has 9 heteroatoms. The lowest BCUT2D eigenvalue weighted by Gasteiger charge is -2.31. The van der Waals surface area contributed by atoms with E-state index in [0.717, 1.165) is 38.3 Å². The van der Waals surface area contributed by atoms with Crippen molar-refractivity contribution in [3.8, 4) is 0 Å². The van der Waals surface area contributed by atoms with Gasteiger partial charge >= 0.3 is 6.18 Å². The number of nitrogens with zero attached hydrogens (tertiary/aromatic N) is 4. The van der Waals surface area contributed by atoms with Gasteiger partial charge in [-0.1, -0.05) is 0 Å². The molecule has 1 saturated heterocycles. The van der Waals surface area contributed by atoms with Crippen molar-refractivity contribution in [1.29, 1.82) is 0 Å². The third kappa shape index (κ3) is 3.31. The number of aromatic amines is 1. The summed E-state index contributed by atoms with van der Waals surface area (Å²) in [5.74, 6) is 1.72.